The maximum atomic E-state index is 13.0. The average molecular weight is 266 g/mol. The summed E-state index contributed by atoms with van der Waals surface area (Å²) in [5.74, 6) is 1.47. The summed E-state index contributed by atoms with van der Waals surface area (Å²) in [4.78, 5) is 15.1. The Morgan fingerprint density at radius 1 is 1.37 bits per heavy atom. The van der Waals surface area contributed by atoms with E-state index in [0.717, 1.165) is 38.8 Å². The van der Waals surface area contributed by atoms with Gasteiger partial charge in [0.25, 0.3) is 0 Å². The van der Waals surface area contributed by atoms with Crippen LogP contribution in [0.5, 0.6) is 0 Å². The fourth-order valence-corrected chi connectivity index (χ4v) is 4.02. The van der Waals surface area contributed by atoms with Gasteiger partial charge >= 0.3 is 0 Å². The Labute approximate surface area is 117 Å². The molecule has 0 bridgehead atoms. The van der Waals surface area contributed by atoms with Crippen molar-refractivity contribution in [3.63, 3.8) is 0 Å². The van der Waals surface area contributed by atoms with Crippen LogP contribution in [0.15, 0.2) is 0 Å². The molecule has 1 aliphatic carbocycles. The van der Waals surface area contributed by atoms with Crippen molar-refractivity contribution >= 4 is 5.91 Å². The summed E-state index contributed by atoms with van der Waals surface area (Å²) >= 11 is 0. The highest BCUT2D eigenvalue weighted by atomic mass is 16.2. The summed E-state index contributed by atoms with van der Waals surface area (Å²) in [6, 6.07) is 0.272. The predicted molar refractivity (Wildman–Crippen MR) is 78.7 cm³/mol. The lowest BCUT2D eigenvalue weighted by Crippen LogP contribution is -2.52. The maximum absolute atomic E-state index is 13.0. The molecule has 0 aromatic heterocycles. The van der Waals surface area contributed by atoms with Gasteiger partial charge in [-0.2, -0.15) is 0 Å². The maximum Gasteiger partial charge on any atom is 0.228 e. The molecule has 0 radical (unpaired) electrons. The van der Waals surface area contributed by atoms with Crippen LogP contribution in [0.2, 0.25) is 0 Å². The van der Waals surface area contributed by atoms with Crippen LogP contribution in [-0.2, 0) is 4.79 Å². The number of nitrogens with two attached hydrogens (primary N) is 1. The first-order chi connectivity index (χ1) is 8.94. The van der Waals surface area contributed by atoms with E-state index in [2.05, 4.69) is 25.7 Å². The molecule has 2 aliphatic rings. The van der Waals surface area contributed by atoms with Gasteiger partial charge in [0.15, 0.2) is 0 Å². The fraction of sp³-hybridized carbons (Fsp3) is 0.938. The van der Waals surface area contributed by atoms with Crippen molar-refractivity contribution in [3.05, 3.63) is 0 Å². The van der Waals surface area contributed by atoms with E-state index in [9.17, 15) is 4.79 Å². The fourth-order valence-electron chi connectivity index (χ4n) is 4.02. The van der Waals surface area contributed by atoms with Gasteiger partial charge in [0, 0.05) is 24.5 Å². The van der Waals surface area contributed by atoms with Crippen molar-refractivity contribution in [2.75, 3.05) is 13.1 Å². The summed E-state index contributed by atoms with van der Waals surface area (Å²) in [5.41, 5.74) is 6.02. The molecule has 1 amide bonds. The monoisotopic (exact) mass is 266 g/mol. The van der Waals surface area contributed by atoms with E-state index >= 15 is 0 Å². The first-order valence-corrected chi connectivity index (χ1v) is 7.99. The van der Waals surface area contributed by atoms with Crippen molar-refractivity contribution in [3.8, 4) is 0 Å². The molecular weight excluding hydrogens is 236 g/mol. The lowest BCUT2D eigenvalue weighted by atomic mass is 9.76. The molecule has 110 valence electrons. The van der Waals surface area contributed by atoms with Crippen LogP contribution < -0.4 is 5.73 Å². The molecule has 2 fully saturated rings. The SMILES string of the molecule is CC(C)CC1(C(=O)N2CCC(N)C(C)C2)CCCC1. The molecule has 1 saturated heterocycles. The molecule has 2 atom stereocenters. The standard InChI is InChI=1S/C16H30N2O/c1-12(2)10-16(7-4-5-8-16)15(19)18-9-6-14(17)13(3)11-18/h12-14H,4-11,17H2,1-3H3. The summed E-state index contributed by atoms with van der Waals surface area (Å²) in [7, 11) is 0. The van der Waals surface area contributed by atoms with E-state index in [1.54, 1.807) is 0 Å². The van der Waals surface area contributed by atoms with Crippen molar-refractivity contribution in [1.29, 1.82) is 0 Å². The first kappa shape index (κ1) is 14.8. The molecular formula is C16H30N2O. The minimum absolute atomic E-state index is 0.0463. The van der Waals surface area contributed by atoms with Crippen molar-refractivity contribution in [2.24, 2.45) is 23.0 Å². The molecule has 3 heteroatoms. The Balaban J connectivity index is 2.07. The van der Waals surface area contributed by atoms with Gasteiger partial charge in [-0.3, -0.25) is 4.79 Å². The normalized spacial score (nSPS) is 30.9. The highest BCUT2D eigenvalue weighted by molar-refractivity contribution is 5.83. The molecule has 2 N–H and O–H groups in total. The third-order valence-corrected chi connectivity index (χ3v) is 5.07. The Morgan fingerprint density at radius 2 is 2.00 bits per heavy atom. The van der Waals surface area contributed by atoms with Crippen molar-refractivity contribution in [2.45, 2.75) is 65.3 Å². The Hall–Kier alpha value is -0.570. The number of hydrogen-bond donors (Lipinski definition) is 1. The molecule has 2 unspecified atom stereocenters. The largest absolute Gasteiger partial charge is 0.342 e. The third kappa shape index (κ3) is 3.13. The van der Waals surface area contributed by atoms with E-state index in [1.807, 2.05) is 0 Å². The number of rotatable bonds is 3. The molecule has 19 heavy (non-hydrogen) atoms. The van der Waals surface area contributed by atoms with Gasteiger partial charge in [0.2, 0.25) is 5.91 Å². The molecule has 3 nitrogen and oxygen atoms in total. The third-order valence-electron chi connectivity index (χ3n) is 5.07. The van der Waals surface area contributed by atoms with Crippen molar-refractivity contribution in [1.82, 2.24) is 4.90 Å². The van der Waals surface area contributed by atoms with Crippen molar-refractivity contribution < 1.29 is 4.79 Å². The second-order valence-electron chi connectivity index (χ2n) is 7.27. The van der Waals surface area contributed by atoms with E-state index in [0.29, 0.717) is 17.7 Å². The van der Waals surface area contributed by atoms with Crippen LogP contribution >= 0.6 is 0 Å². The lowest BCUT2D eigenvalue weighted by molar-refractivity contribution is -0.145. The molecule has 1 heterocycles. The zero-order valence-corrected chi connectivity index (χ0v) is 12.8. The number of carbonyl (C=O) groups excluding carboxylic acids is 1. The van der Waals surface area contributed by atoms with Crippen LogP contribution in [0.1, 0.15) is 59.3 Å². The van der Waals surface area contributed by atoms with Crippen LogP contribution in [-0.4, -0.2) is 29.9 Å². The van der Waals surface area contributed by atoms with E-state index in [-0.39, 0.29) is 11.5 Å². The van der Waals surface area contributed by atoms with Crippen LogP contribution in [0.3, 0.4) is 0 Å². The summed E-state index contributed by atoms with van der Waals surface area (Å²) in [6.45, 7) is 8.38. The van der Waals surface area contributed by atoms with Crippen LogP contribution in [0, 0.1) is 17.3 Å². The molecule has 2 rings (SSSR count). The van der Waals surface area contributed by atoms with Gasteiger partial charge < -0.3 is 10.6 Å². The summed E-state index contributed by atoms with van der Waals surface area (Å²) in [6.07, 6.45) is 6.66. The number of piperidine rings is 1. The van der Waals surface area contributed by atoms with Gasteiger partial charge in [-0.1, -0.05) is 33.6 Å². The van der Waals surface area contributed by atoms with Gasteiger partial charge in [-0.05, 0) is 37.5 Å². The summed E-state index contributed by atoms with van der Waals surface area (Å²) in [5, 5.41) is 0. The number of carbonyl (C=O) groups is 1. The van der Waals surface area contributed by atoms with E-state index in [1.165, 1.54) is 12.8 Å². The topological polar surface area (TPSA) is 46.3 Å². The Bertz CT molecular complexity index is 321. The van der Waals surface area contributed by atoms with Gasteiger partial charge in [-0.15, -0.1) is 0 Å². The number of amides is 1. The second-order valence-corrected chi connectivity index (χ2v) is 7.27. The number of hydrogen-bond acceptors (Lipinski definition) is 2. The van der Waals surface area contributed by atoms with E-state index < -0.39 is 0 Å². The van der Waals surface area contributed by atoms with Gasteiger partial charge in [-0.25, -0.2) is 0 Å². The van der Waals surface area contributed by atoms with E-state index in [4.69, 9.17) is 5.73 Å². The molecule has 1 saturated carbocycles. The number of likely N-dealkylation sites (tertiary alicyclic amines) is 1. The Morgan fingerprint density at radius 3 is 2.53 bits per heavy atom. The zero-order chi connectivity index (χ0) is 14.0. The number of nitrogens with zero attached hydrogens (tertiary/aromatic N) is 1. The highest BCUT2D eigenvalue weighted by Gasteiger charge is 2.44. The van der Waals surface area contributed by atoms with Gasteiger partial charge in [0.1, 0.15) is 0 Å². The van der Waals surface area contributed by atoms with Crippen LogP contribution in [0.4, 0.5) is 0 Å². The quantitative estimate of drug-likeness (QED) is 0.854. The molecule has 1 aliphatic heterocycles. The van der Waals surface area contributed by atoms with Gasteiger partial charge in [0.05, 0.1) is 0 Å². The molecule has 0 aromatic rings. The predicted octanol–water partition coefficient (Wildman–Crippen LogP) is 2.79. The summed E-state index contributed by atoms with van der Waals surface area (Å²) < 4.78 is 0. The smallest absolute Gasteiger partial charge is 0.228 e. The molecule has 0 spiro atoms. The Kier molecular flexibility index (Phi) is 4.54. The zero-order valence-electron chi connectivity index (χ0n) is 12.8. The highest BCUT2D eigenvalue weighted by Crippen LogP contribution is 2.45. The average Bonchev–Trinajstić information content (AvgIpc) is 2.80. The first-order valence-electron chi connectivity index (χ1n) is 7.99. The minimum atomic E-state index is -0.0463. The second kappa shape index (κ2) is 5.82. The minimum Gasteiger partial charge on any atom is -0.342 e. The lowest BCUT2D eigenvalue weighted by Gasteiger charge is -2.41. The van der Waals surface area contributed by atoms with Crippen LogP contribution in [0.25, 0.3) is 0 Å². The molecule has 0 aromatic carbocycles.